The van der Waals surface area contributed by atoms with E-state index in [-0.39, 0.29) is 11.7 Å². The molecule has 1 unspecified atom stereocenters. The third kappa shape index (κ3) is 2.45. The van der Waals surface area contributed by atoms with Crippen LogP contribution in [-0.2, 0) is 0 Å². The molecule has 0 spiro atoms. The molecule has 1 rings (SSSR count). The minimum absolute atomic E-state index is 0.0767. The molecule has 0 radical (unpaired) electrons. The summed E-state index contributed by atoms with van der Waals surface area (Å²) in [5, 5.41) is 11.9. The number of aromatic nitrogens is 1. The maximum atomic E-state index is 10.8. The van der Waals surface area contributed by atoms with Crippen LogP contribution in [0, 0.1) is 0 Å². The predicted octanol–water partition coefficient (Wildman–Crippen LogP) is 1.99. The average molecular weight is 194 g/mol. The van der Waals surface area contributed by atoms with Crippen LogP contribution in [-0.4, -0.2) is 22.1 Å². The van der Waals surface area contributed by atoms with Crippen LogP contribution in [0.15, 0.2) is 18.3 Å². The number of carboxylic acids is 1. The molecule has 1 atom stereocenters. The number of carboxylic acid groups (broad SMARTS) is 1. The molecular weight excluding hydrogens is 180 g/mol. The molecule has 14 heavy (non-hydrogen) atoms. The van der Waals surface area contributed by atoms with E-state index in [1.54, 1.807) is 12.1 Å². The van der Waals surface area contributed by atoms with E-state index < -0.39 is 5.97 Å². The lowest BCUT2D eigenvalue weighted by molar-refractivity contribution is 0.0691. The van der Waals surface area contributed by atoms with Gasteiger partial charge >= 0.3 is 5.97 Å². The standard InChI is InChI=1S/C10H14N2O2/c1-3-7(2)12-8-5-4-6-11-9(8)10(13)14/h4-7,12H,3H2,1-2H3,(H,13,14). The van der Waals surface area contributed by atoms with Crippen molar-refractivity contribution in [1.29, 1.82) is 0 Å². The Morgan fingerprint density at radius 1 is 1.71 bits per heavy atom. The van der Waals surface area contributed by atoms with Gasteiger partial charge in [-0.2, -0.15) is 0 Å². The lowest BCUT2D eigenvalue weighted by Gasteiger charge is -2.13. The molecule has 1 aromatic rings. The Morgan fingerprint density at radius 3 is 3.00 bits per heavy atom. The Morgan fingerprint density at radius 2 is 2.43 bits per heavy atom. The number of rotatable bonds is 4. The summed E-state index contributed by atoms with van der Waals surface area (Å²) in [6, 6.07) is 3.69. The lowest BCUT2D eigenvalue weighted by atomic mass is 10.2. The van der Waals surface area contributed by atoms with Crippen LogP contribution in [0.3, 0.4) is 0 Å². The second-order valence-corrected chi connectivity index (χ2v) is 3.16. The molecule has 0 aliphatic carbocycles. The van der Waals surface area contributed by atoms with Crippen LogP contribution in [0.5, 0.6) is 0 Å². The highest BCUT2D eigenvalue weighted by Gasteiger charge is 2.11. The Balaban J connectivity index is 2.90. The van der Waals surface area contributed by atoms with Crippen LogP contribution in [0.2, 0.25) is 0 Å². The third-order valence-corrected chi connectivity index (χ3v) is 2.02. The Bertz CT molecular complexity index is 326. The number of anilines is 1. The summed E-state index contributed by atoms with van der Waals surface area (Å²) in [5.74, 6) is -1.00. The molecule has 2 N–H and O–H groups in total. The smallest absolute Gasteiger partial charge is 0.356 e. The van der Waals surface area contributed by atoms with Crippen LogP contribution >= 0.6 is 0 Å². The fourth-order valence-electron chi connectivity index (χ4n) is 1.06. The Hall–Kier alpha value is -1.58. The van der Waals surface area contributed by atoms with E-state index in [1.165, 1.54) is 6.20 Å². The molecule has 0 aliphatic rings. The fraction of sp³-hybridized carbons (Fsp3) is 0.400. The number of nitrogens with zero attached hydrogens (tertiary/aromatic N) is 1. The third-order valence-electron chi connectivity index (χ3n) is 2.02. The first-order valence-corrected chi connectivity index (χ1v) is 4.60. The molecule has 0 fully saturated rings. The molecule has 0 saturated heterocycles. The second kappa shape index (κ2) is 4.60. The van der Waals surface area contributed by atoms with Gasteiger partial charge in [-0.3, -0.25) is 0 Å². The van der Waals surface area contributed by atoms with Crippen molar-refractivity contribution < 1.29 is 9.90 Å². The molecule has 4 nitrogen and oxygen atoms in total. The van der Waals surface area contributed by atoms with Gasteiger partial charge < -0.3 is 10.4 Å². The van der Waals surface area contributed by atoms with E-state index in [0.29, 0.717) is 5.69 Å². The van der Waals surface area contributed by atoms with E-state index in [9.17, 15) is 4.79 Å². The van der Waals surface area contributed by atoms with Crippen molar-refractivity contribution in [2.24, 2.45) is 0 Å². The molecule has 4 heteroatoms. The first kappa shape index (κ1) is 10.5. The first-order chi connectivity index (χ1) is 6.65. The zero-order valence-corrected chi connectivity index (χ0v) is 8.32. The summed E-state index contributed by atoms with van der Waals surface area (Å²) in [4.78, 5) is 14.6. The minimum Gasteiger partial charge on any atom is -0.476 e. The van der Waals surface area contributed by atoms with Crippen molar-refractivity contribution >= 4 is 11.7 Å². The molecule has 0 saturated carbocycles. The maximum Gasteiger partial charge on any atom is 0.356 e. The number of aromatic carboxylic acids is 1. The van der Waals surface area contributed by atoms with Crippen LogP contribution in [0.1, 0.15) is 30.8 Å². The van der Waals surface area contributed by atoms with Crippen molar-refractivity contribution in [3.8, 4) is 0 Å². The zero-order chi connectivity index (χ0) is 10.6. The van der Waals surface area contributed by atoms with E-state index in [2.05, 4.69) is 10.3 Å². The van der Waals surface area contributed by atoms with Gasteiger partial charge in [0.25, 0.3) is 0 Å². The van der Waals surface area contributed by atoms with Crippen molar-refractivity contribution in [3.63, 3.8) is 0 Å². The number of pyridine rings is 1. The molecular formula is C10H14N2O2. The van der Waals surface area contributed by atoms with Gasteiger partial charge in [-0.1, -0.05) is 6.92 Å². The maximum absolute atomic E-state index is 10.8. The predicted molar refractivity (Wildman–Crippen MR) is 54.6 cm³/mol. The van der Waals surface area contributed by atoms with Gasteiger partial charge in [-0.15, -0.1) is 0 Å². The monoisotopic (exact) mass is 194 g/mol. The van der Waals surface area contributed by atoms with Crippen LogP contribution in [0.4, 0.5) is 5.69 Å². The van der Waals surface area contributed by atoms with Gasteiger partial charge in [0.05, 0.1) is 5.69 Å². The minimum atomic E-state index is -1.00. The van der Waals surface area contributed by atoms with Crippen LogP contribution < -0.4 is 5.32 Å². The quantitative estimate of drug-likeness (QED) is 0.769. The highest BCUT2D eigenvalue weighted by atomic mass is 16.4. The van der Waals surface area contributed by atoms with Gasteiger partial charge in [0.15, 0.2) is 5.69 Å². The molecule has 0 aromatic carbocycles. The average Bonchev–Trinajstić information content (AvgIpc) is 2.18. The topological polar surface area (TPSA) is 62.2 Å². The molecule has 0 aliphatic heterocycles. The van der Waals surface area contributed by atoms with Crippen molar-refractivity contribution in [2.45, 2.75) is 26.3 Å². The summed E-state index contributed by atoms with van der Waals surface area (Å²) >= 11 is 0. The van der Waals surface area contributed by atoms with Crippen molar-refractivity contribution in [2.75, 3.05) is 5.32 Å². The zero-order valence-electron chi connectivity index (χ0n) is 8.32. The summed E-state index contributed by atoms with van der Waals surface area (Å²) in [5.41, 5.74) is 0.655. The number of hydrogen-bond donors (Lipinski definition) is 2. The number of carbonyl (C=O) groups is 1. The number of nitrogens with one attached hydrogen (secondary N) is 1. The van der Waals surface area contributed by atoms with Crippen molar-refractivity contribution in [3.05, 3.63) is 24.0 Å². The van der Waals surface area contributed by atoms with Gasteiger partial charge in [0.1, 0.15) is 0 Å². The molecule has 1 aromatic heterocycles. The summed E-state index contributed by atoms with van der Waals surface area (Å²) in [6.45, 7) is 4.03. The summed E-state index contributed by atoms with van der Waals surface area (Å²) < 4.78 is 0. The second-order valence-electron chi connectivity index (χ2n) is 3.16. The van der Waals surface area contributed by atoms with Gasteiger partial charge in [-0.25, -0.2) is 9.78 Å². The van der Waals surface area contributed by atoms with Gasteiger partial charge in [0.2, 0.25) is 0 Å². The van der Waals surface area contributed by atoms with E-state index in [4.69, 9.17) is 5.11 Å². The summed E-state index contributed by atoms with van der Waals surface area (Å²) in [6.07, 6.45) is 2.42. The van der Waals surface area contributed by atoms with Crippen molar-refractivity contribution in [1.82, 2.24) is 4.98 Å². The highest BCUT2D eigenvalue weighted by molar-refractivity contribution is 5.91. The molecule has 0 bridgehead atoms. The normalized spacial score (nSPS) is 12.1. The Labute approximate surface area is 83.0 Å². The van der Waals surface area contributed by atoms with Crippen LogP contribution in [0.25, 0.3) is 0 Å². The summed E-state index contributed by atoms with van der Waals surface area (Å²) in [7, 11) is 0. The fourth-order valence-corrected chi connectivity index (χ4v) is 1.06. The first-order valence-electron chi connectivity index (χ1n) is 4.60. The lowest BCUT2D eigenvalue weighted by Crippen LogP contribution is -2.16. The van der Waals surface area contributed by atoms with Gasteiger partial charge in [0, 0.05) is 12.2 Å². The molecule has 76 valence electrons. The van der Waals surface area contributed by atoms with E-state index >= 15 is 0 Å². The highest BCUT2D eigenvalue weighted by Crippen LogP contribution is 2.13. The molecule has 0 amide bonds. The largest absolute Gasteiger partial charge is 0.476 e. The SMILES string of the molecule is CCC(C)Nc1cccnc1C(=O)O. The number of hydrogen-bond acceptors (Lipinski definition) is 3. The molecule has 1 heterocycles. The van der Waals surface area contributed by atoms with Gasteiger partial charge in [-0.05, 0) is 25.5 Å². The Kier molecular flexibility index (Phi) is 3.45. The van der Waals surface area contributed by atoms with E-state index in [0.717, 1.165) is 6.42 Å². The van der Waals surface area contributed by atoms with E-state index in [1.807, 2.05) is 13.8 Å².